The standard InChI is InChI=1S/C11H10FN3O/c1-15-6-7(5-14-11(15)16)9-3-2-8(13)4-10(9)12/h2-6H,13H2,1H3. The van der Waals surface area contributed by atoms with Gasteiger partial charge in [-0.3, -0.25) is 0 Å². The van der Waals surface area contributed by atoms with Crippen molar-refractivity contribution in [3.63, 3.8) is 0 Å². The maximum Gasteiger partial charge on any atom is 0.347 e. The summed E-state index contributed by atoms with van der Waals surface area (Å²) in [5, 5.41) is 0. The molecular weight excluding hydrogens is 209 g/mol. The van der Waals surface area contributed by atoms with Crippen LogP contribution in [-0.4, -0.2) is 9.55 Å². The number of nitrogens with zero attached hydrogens (tertiary/aromatic N) is 2. The lowest BCUT2D eigenvalue weighted by Crippen LogP contribution is -2.18. The number of nitrogen functional groups attached to an aromatic ring is 1. The summed E-state index contributed by atoms with van der Waals surface area (Å²) in [4.78, 5) is 14.7. The van der Waals surface area contributed by atoms with Gasteiger partial charge >= 0.3 is 5.69 Å². The van der Waals surface area contributed by atoms with E-state index >= 15 is 0 Å². The Kier molecular flexibility index (Phi) is 2.44. The van der Waals surface area contributed by atoms with Crippen LogP contribution in [0.5, 0.6) is 0 Å². The molecule has 1 heterocycles. The zero-order valence-corrected chi connectivity index (χ0v) is 8.64. The number of halogens is 1. The van der Waals surface area contributed by atoms with E-state index < -0.39 is 5.82 Å². The predicted octanol–water partition coefficient (Wildman–Crippen LogP) is 1.17. The summed E-state index contributed by atoms with van der Waals surface area (Å²) < 4.78 is 14.9. The van der Waals surface area contributed by atoms with Crippen LogP contribution < -0.4 is 11.4 Å². The lowest BCUT2D eigenvalue weighted by Gasteiger charge is -2.05. The smallest absolute Gasteiger partial charge is 0.347 e. The van der Waals surface area contributed by atoms with Crippen LogP contribution in [0.2, 0.25) is 0 Å². The fourth-order valence-electron chi connectivity index (χ4n) is 1.42. The Bertz CT molecular complexity index is 592. The van der Waals surface area contributed by atoms with Crippen LogP contribution in [0.4, 0.5) is 10.1 Å². The molecule has 0 aliphatic carbocycles. The first-order valence-electron chi connectivity index (χ1n) is 4.66. The third-order valence-corrected chi connectivity index (χ3v) is 2.25. The summed E-state index contributed by atoms with van der Waals surface area (Å²) in [5.41, 5.74) is 6.35. The van der Waals surface area contributed by atoms with Crippen molar-refractivity contribution in [3.8, 4) is 11.1 Å². The fraction of sp³-hybridized carbons (Fsp3) is 0.0909. The Morgan fingerprint density at radius 2 is 2.19 bits per heavy atom. The monoisotopic (exact) mass is 219 g/mol. The van der Waals surface area contributed by atoms with Gasteiger partial charge in [0.1, 0.15) is 5.82 Å². The minimum Gasteiger partial charge on any atom is -0.399 e. The van der Waals surface area contributed by atoms with Crippen LogP contribution in [0.3, 0.4) is 0 Å². The summed E-state index contributed by atoms with van der Waals surface area (Å²) in [7, 11) is 1.56. The number of aryl methyl sites for hydroxylation is 1. The second kappa shape index (κ2) is 3.77. The van der Waals surface area contributed by atoms with Gasteiger partial charge in [0.15, 0.2) is 0 Å². The minimum atomic E-state index is -0.430. The molecule has 5 heteroatoms. The number of hydrogen-bond donors (Lipinski definition) is 1. The van der Waals surface area contributed by atoms with Gasteiger partial charge in [0, 0.05) is 36.3 Å². The molecule has 0 amide bonds. The predicted molar refractivity (Wildman–Crippen MR) is 59.3 cm³/mol. The van der Waals surface area contributed by atoms with E-state index in [0.717, 1.165) is 0 Å². The molecule has 0 bridgehead atoms. The van der Waals surface area contributed by atoms with Gasteiger partial charge in [0.2, 0.25) is 0 Å². The van der Waals surface area contributed by atoms with Gasteiger partial charge in [-0.05, 0) is 18.2 Å². The highest BCUT2D eigenvalue weighted by atomic mass is 19.1. The Hall–Kier alpha value is -2.17. The minimum absolute atomic E-state index is 0.360. The number of nitrogens with two attached hydrogens (primary N) is 1. The average Bonchev–Trinajstić information content (AvgIpc) is 2.22. The molecule has 2 N–H and O–H groups in total. The van der Waals surface area contributed by atoms with Crippen LogP contribution >= 0.6 is 0 Å². The number of benzene rings is 1. The van der Waals surface area contributed by atoms with E-state index in [1.54, 1.807) is 19.2 Å². The molecule has 16 heavy (non-hydrogen) atoms. The highest BCUT2D eigenvalue weighted by molar-refractivity contribution is 5.64. The zero-order valence-electron chi connectivity index (χ0n) is 8.64. The van der Waals surface area contributed by atoms with Gasteiger partial charge in [0.25, 0.3) is 0 Å². The largest absolute Gasteiger partial charge is 0.399 e. The van der Waals surface area contributed by atoms with Crippen LogP contribution in [0.25, 0.3) is 11.1 Å². The van der Waals surface area contributed by atoms with E-state index in [2.05, 4.69) is 4.98 Å². The zero-order chi connectivity index (χ0) is 11.7. The lowest BCUT2D eigenvalue weighted by atomic mass is 10.1. The Morgan fingerprint density at radius 1 is 1.44 bits per heavy atom. The fourth-order valence-corrected chi connectivity index (χ4v) is 1.42. The molecule has 0 saturated heterocycles. The molecule has 2 rings (SSSR count). The van der Waals surface area contributed by atoms with Crippen molar-refractivity contribution in [1.29, 1.82) is 0 Å². The molecule has 0 unspecified atom stereocenters. The summed E-state index contributed by atoms with van der Waals surface area (Å²) >= 11 is 0. The molecule has 82 valence electrons. The summed E-state index contributed by atoms with van der Waals surface area (Å²) in [6, 6.07) is 4.40. The molecule has 1 aromatic heterocycles. The maximum absolute atomic E-state index is 13.6. The van der Waals surface area contributed by atoms with Crippen molar-refractivity contribution < 1.29 is 4.39 Å². The SMILES string of the molecule is Cn1cc(-c2ccc(N)cc2F)cnc1=O. The normalized spacial score (nSPS) is 10.4. The van der Waals surface area contributed by atoms with Gasteiger partial charge in [-0.1, -0.05) is 0 Å². The molecule has 0 spiro atoms. The van der Waals surface area contributed by atoms with Crippen LogP contribution in [0.15, 0.2) is 35.4 Å². The number of hydrogen-bond acceptors (Lipinski definition) is 3. The first-order chi connectivity index (χ1) is 7.58. The van der Waals surface area contributed by atoms with Crippen LogP contribution in [0.1, 0.15) is 0 Å². The van der Waals surface area contributed by atoms with Crippen molar-refractivity contribution in [2.75, 3.05) is 5.73 Å². The lowest BCUT2D eigenvalue weighted by molar-refractivity contribution is 0.631. The van der Waals surface area contributed by atoms with Crippen LogP contribution in [0, 0.1) is 5.82 Å². The second-order valence-electron chi connectivity index (χ2n) is 3.48. The Morgan fingerprint density at radius 3 is 2.81 bits per heavy atom. The van der Waals surface area contributed by atoms with E-state index in [9.17, 15) is 9.18 Å². The molecule has 1 aromatic carbocycles. The third kappa shape index (κ3) is 1.79. The molecule has 4 nitrogen and oxygen atoms in total. The quantitative estimate of drug-likeness (QED) is 0.732. The van der Waals surface area contributed by atoms with Crippen molar-refractivity contribution in [3.05, 3.63) is 46.9 Å². The first kappa shape index (κ1) is 10.4. The van der Waals surface area contributed by atoms with E-state index in [1.807, 2.05) is 0 Å². The van der Waals surface area contributed by atoms with E-state index in [0.29, 0.717) is 16.8 Å². The Labute approximate surface area is 91.2 Å². The van der Waals surface area contributed by atoms with Gasteiger partial charge in [0.05, 0.1) is 0 Å². The van der Waals surface area contributed by atoms with Gasteiger partial charge < -0.3 is 10.3 Å². The third-order valence-electron chi connectivity index (χ3n) is 2.25. The maximum atomic E-state index is 13.6. The molecule has 0 aliphatic rings. The second-order valence-corrected chi connectivity index (χ2v) is 3.48. The summed E-state index contributed by atoms with van der Waals surface area (Å²) in [5.74, 6) is -0.430. The summed E-state index contributed by atoms with van der Waals surface area (Å²) in [6.07, 6.45) is 2.88. The number of rotatable bonds is 1. The van der Waals surface area contributed by atoms with E-state index in [1.165, 1.54) is 23.0 Å². The highest BCUT2D eigenvalue weighted by Gasteiger charge is 2.06. The Balaban J connectivity index is 2.59. The van der Waals surface area contributed by atoms with Crippen LogP contribution in [-0.2, 0) is 7.05 Å². The topological polar surface area (TPSA) is 60.9 Å². The number of anilines is 1. The average molecular weight is 219 g/mol. The van der Waals surface area contributed by atoms with E-state index in [-0.39, 0.29) is 5.69 Å². The molecule has 0 atom stereocenters. The molecule has 0 aliphatic heterocycles. The van der Waals surface area contributed by atoms with Gasteiger partial charge in [-0.2, -0.15) is 0 Å². The van der Waals surface area contributed by atoms with Crippen molar-refractivity contribution in [2.45, 2.75) is 0 Å². The highest BCUT2D eigenvalue weighted by Crippen LogP contribution is 2.22. The van der Waals surface area contributed by atoms with Gasteiger partial charge in [-0.25, -0.2) is 14.2 Å². The molecule has 0 saturated carbocycles. The molecule has 0 radical (unpaired) electrons. The van der Waals surface area contributed by atoms with Crippen molar-refractivity contribution in [1.82, 2.24) is 9.55 Å². The summed E-state index contributed by atoms with van der Waals surface area (Å²) in [6.45, 7) is 0. The van der Waals surface area contributed by atoms with E-state index in [4.69, 9.17) is 5.73 Å². The first-order valence-corrected chi connectivity index (χ1v) is 4.66. The molecule has 0 fully saturated rings. The molecule has 2 aromatic rings. The van der Waals surface area contributed by atoms with Crippen molar-refractivity contribution >= 4 is 5.69 Å². The van der Waals surface area contributed by atoms with Crippen molar-refractivity contribution in [2.24, 2.45) is 7.05 Å². The molecular formula is C11H10FN3O. The number of aromatic nitrogens is 2. The van der Waals surface area contributed by atoms with Gasteiger partial charge in [-0.15, -0.1) is 0 Å².